The summed E-state index contributed by atoms with van der Waals surface area (Å²) in [5.41, 5.74) is 3.54. The Morgan fingerprint density at radius 2 is 1.79 bits per heavy atom. The molecule has 7 nitrogen and oxygen atoms in total. The van der Waals surface area contributed by atoms with Crippen LogP contribution >= 0.6 is 0 Å². The van der Waals surface area contributed by atoms with Crippen molar-refractivity contribution in [3.05, 3.63) is 51.1 Å². The molecule has 3 aromatic rings. The summed E-state index contributed by atoms with van der Waals surface area (Å²) in [5, 5.41) is 13.7. The Hall–Kier alpha value is -2.54. The molecule has 1 aliphatic rings. The first-order chi connectivity index (χ1) is 13.8. The lowest BCUT2D eigenvalue weighted by molar-refractivity contribution is 0.170. The van der Waals surface area contributed by atoms with Gasteiger partial charge in [-0.2, -0.15) is 0 Å². The lowest BCUT2D eigenvalue weighted by Gasteiger charge is -2.35. The maximum absolute atomic E-state index is 13.3. The van der Waals surface area contributed by atoms with Gasteiger partial charge in [0.15, 0.2) is 5.82 Å². The van der Waals surface area contributed by atoms with E-state index in [0.717, 1.165) is 48.2 Å². The zero-order valence-electron chi connectivity index (χ0n) is 18.0. The molecular weight excluding hydrogens is 364 g/mol. The summed E-state index contributed by atoms with van der Waals surface area (Å²) in [6.45, 7) is 12.2. The van der Waals surface area contributed by atoms with E-state index in [1.54, 1.807) is 0 Å². The first-order valence-electron chi connectivity index (χ1n) is 10.4. The van der Waals surface area contributed by atoms with E-state index >= 15 is 0 Å². The Bertz CT molecular complexity index is 1080. The van der Waals surface area contributed by atoms with Crippen molar-refractivity contribution >= 4 is 10.9 Å². The second-order valence-electron chi connectivity index (χ2n) is 9.22. The number of fused-ring (bicyclic) bond motifs is 1. The molecule has 0 spiro atoms. The van der Waals surface area contributed by atoms with Crippen molar-refractivity contribution in [2.45, 2.75) is 65.5 Å². The predicted octanol–water partition coefficient (Wildman–Crippen LogP) is 3.46. The summed E-state index contributed by atoms with van der Waals surface area (Å²) >= 11 is 0. The van der Waals surface area contributed by atoms with Crippen molar-refractivity contribution in [3.8, 4) is 0 Å². The molecule has 1 unspecified atom stereocenters. The van der Waals surface area contributed by atoms with Crippen molar-refractivity contribution in [2.24, 2.45) is 0 Å². The van der Waals surface area contributed by atoms with E-state index in [-0.39, 0.29) is 17.1 Å². The van der Waals surface area contributed by atoms with Crippen LogP contribution in [0.4, 0.5) is 0 Å². The van der Waals surface area contributed by atoms with Crippen LogP contribution in [-0.4, -0.2) is 43.2 Å². The number of piperidine rings is 1. The third-order valence-corrected chi connectivity index (χ3v) is 5.75. The summed E-state index contributed by atoms with van der Waals surface area (Å²) in [5.74, 6) is 0.730. The Morgan fingerprint density at radius 1 is 1.07 bits per heavy atom. The lowest BCUT2D eigenvalue weighted by atomic mass is 9.98. The highest BCUT2D eigenvalue weighted by Gasteiger charge is 2.33. The van der Waals surface area contributed by atoms with Crippen LogP contribution < -0.4 is 5.56 Å². The Labute approximate surface area is 171 Å². The first-order valence-corrected chi connectivity index (χ1v) is 10.4. The summed E-state index contributed by atoms with van der Waals surface area (Å²) in [7, 11) is 0. The molecular formula is C22H30N6O. The molecule has 3 heterocycles. The average molecular weight is 395 g/mol. The lowest BCUT2D eigenvalue weighted by Crippen LogP contribution is -2.40. The smallest absolute Gasteiger partial charge is 0.253 e. The highest BCUT2D eigenvalue weighted by atomic mass is 16.1. The Kier molecular flexibility index (Phi) is 5.02. The minimum absolute atomic E-state index is 0.0662. The molecule has 4 rings (SSSR count). The minimum atomic E-state index is -0.274. The number of hydrogen-bond acceptors (Lipinski definition) is 5. The normalized spacial score (nSPS) is 17.0. The maximum atomic E-state index is 13.3. The Morgan fingerprint density at radius 3 is 2.48 bits per heavy atom. The number of hydrogen-bond donors (Lipinski definition) is 1. The van der Waals surface area contributed by atoms with Gasteiger partial charge in [-0.05, 0) is 94.1 Å². The maximum Gasteiger partial charge on any atom is 0.253 e. The van der Waals surface area contributed by atoms with Gasteiger partial charge in [0.1, 0.15) is 6.04 Å². The van der Waals surface area contributed by atoms with Crippen LogP contribution in [0.25, 0.3) is 10.9 Å². The second kappa shape index (κ2) is 7.37. The van der Waals surface area contributed by atoms with Crippen molar-refractivity contribution < 1.29 is 0 Å². The van der Waals surface area contributed by atoms with Gasteiger partial charge in [-0.3, -0.25) is 9.69 Å². The molecule has 1 atom stereocenters. The molecule has 0 bridgehead atoms. The number of nitrogens with one attached hydrogen (secondary N) is 1. The number of rotatable bonds is 3. The van der Waals surface area contributed by atoms with Gasteiger partial charge >= 0.3 is 0 Å². The van der Waals surface area contributed by atoms with Crippen molar-refractivity contribution in [3.63, 3.8) is 0 Å². The summed E-state index contributed by atoms with van der Waals surface area (Å²) in [6.07, 6.45) is 3.47. The molecule has 1 fully saturated rings. The molecule has 7 heteroatoms. The number of nitrogens with zero attached hydrogens (tertiary/aromatic N) is 5. The number of aromatic amines is 1. The molecule has 1 saturated heterocycles. The van der Waals surface area contributed by atoms with Crippen LogP contribution in [0.2, 0.25) is 0 Å². The van der Waals surface area contributed by atoms with Gasteiger partial charge in [0.2, 0.25) is 0 Å². The molecule has 0 amide bonds. The standard InChI is InChI=1S/C22H30N6O/c1-14-11-15(2)18-16(12-14)13-17(21(29)23-18)19(27-9-7-6-8-10-27)20-24-25-26-28(20)22(3,4)5/h11-13,19H,6-10H2,1-5H3,(H,23,29). The van der Waals surface area contributed by atoms with Gasteiger partial charge in [-0.15, -0.1) is 5.10 Å². The minimum Gasteiger partial charge on any atom is -0.321 e. The van der Waals surface area contributed by atoms with E-state index in [1.807, 2.05) is 17.7 Å². The molecule has 1 aliphatic heterocycles. The quantitative estimate of drug-likeness (QED) is 0.736. The summed E-state index contributed by atoms with van der Waals surface area (Å²) in [6, 6.07) is 6.00. The fourth-order valence-electron chi connectivity index (χ4n) is 4.42. The second-order valence-corrected chi connectivity index (χ2v) is 9.22. The highest BCUT2D eigenvalue weighted by molar-refractivity contribution is 5.83. The zero-order valence-corrected chi connectivity index (χ0v) is 18.0. The highest BCUT2D eigenvalue weighted by Crippen LogP contribution is 2.31. The SMILES string of the molecule is Cc1cc(C)c2[nH]c(=O)c(C(c3nnnn3C(C)(C)C)N3CCCCC3)cc2c1. The van der Waals surface area contributed by atoms with E-state index in [2.05, 4.69) is 65.2 Å². The molecule has 0 radical (unpaired) electrons. The average Bonchev–Trinajstić information content (AvgIpc) is 3.14. The summed E-state index contributed by atoms with van der Waals surface area (Å²) in [4.78, 5) is 18.7. The predicted molar refractivity (Wildman–Crippen MR) is 114 cm³/mol. The number of aryl methyl sites for hydroxylation is 2. The topological polar surface area (TPSA) is 79.7 Å². The largest absolute Gasteiger partial charge is 0.321 e. The van der Waals surface area contributed by atoms with Gasteiger partial charge < -0.3 is 4.98 Å². The van der Waals surface area contributed by atoms with Crippen molar-refractivity contribution in [2.75, 3.05) is 13.1 Å². The van der Waals surface area contributed by atoms with Gasteiger partial charge in [0.05, 0.1) is 11.1 Å². The first kappa shape index (κ1) is 19.8. The number of aromatic nitrogens is 5. The molecule has 0 aliphatic carbocycles. The van der Waals surface area contributed by atoms with Crippen LogP contribution in [0.1, 0.15) is 68.6 Å². The number of likely N-dealkylation sites (tertiary alicyclic amines) is 1. The van der Waals surface area contributed by atoms with Crippen LogP contribution in [0.15, 0.2) is 23.0 Å². The fraction of sp³-hybridized carbons (Fsp3) is 0.545. The van der Waals surface area contributed by atoms with Crippen LogP contribution in [0.3, 0.4) is 0 Å². The Balaban J connectivity index is 1.94. The van der Waals surface area contributed by atoms with Crippen molar-refractivity contribution in [1.29, 1.82) is 0 Å². The molecule has 154 valence electrons. The third-order valence-electron chi connectivity index (χ3n) is 5.75. The van der Waals surface area contributed by atoms with E-state index in [9.17, 15) is 4.79 Å². The fourth-order valence-corrected chi connectivity index (χ4v) is 4.42. The van der Waals surface area contributed by atoms with E-state index in [4.69, 9.17) is 0 Å². The van der Waals surface area contributed by atoms with Gasteiger partial charge in [-0.25, -0.2) is 4.68 Å². The van der Waals surface area contributed by atoms with E-state index in [1.165, 1.54) is 12.0 Å². The molecule has 1 N–H and O–H groups in total. The van der Waals surface area contributed by atoms with Crippen LogP contribution in [0, 0.1) is 13.8 Å². The van der Waals surface area contributed by atoms with Gasteiger partial charge in [0, 0.05) is 5.56 Å². The third kappa shape index (κ3) is 3.71. The molecule has 2 aromatic heterocycles. The molecule has 0 saturated carbocycles. The van der Waals surface area contributed by atoms with Gasteiger partial charge in [0.25, 0.3) is 5.56 Å². The number of pyridine rings is 1. The number of tetrazole rings is 1. The van der Waals surface area contributed by atoms with E-state index in [0.29, 0.717) is 5.56 Å². The monoisotopic (exact) mass is 394 g/mol. The van der Waals surface area contributed by atoms with Crippen LogP contribution in [-0.2, 0) is 5.54 Å². The molecule has 29 heavy (non-hydrogen) atoms. The van der Waals surface area contributed by atoms with Gasteiger partial charge in [-0.1, -0.05) is 18.1 Å². The molecule has 1 aromatic carbocycles. The number of H-pyrrole nitrogens is 1. The van der Waals surface area contributed by atoms with E-state index < -0.39 is 0 Å². The van der Waals surface area contributed by atoms with Crippen LogP contribution in [0.5, 0.6) is 0 Å². The number of benzene rings is 1. The van der Waals surface area contributed by atoms with Crippen molar-refractivity contribution in [1.82, 2.24) is 30.1 Å². The summed E-state index contributed by atoms with van der Waals surface area (Å²) < 4.78 is 1.86. The zero-order chi connectivity index (χ0) is 20.8.